The summed E-state index contributed by atoms with van der Waals surface area (Å²) in [6.07, 6.45) is 5.80. The molecular weight excluding hydrogens is 380 g/mol. The maximum absolute atomic E-state index is 10.6. The van der Waals surface area contributed by atoms with Crippen molar-refractivity contribution in [2.75, 3.05) is 20.1 Å². The van der Waals surface area contributed by atoms with Gasteiger partial charge in [0.25, 0.3) is 0 Å². The molecule has 4 nitrogen and oxygen atoms in total. The number of benzene rings is 1. The molecular formula is C20H27BrN2O2. The van der Waals surface area contributed by atoms with Crippen LogP contribution < -0.4 is 5.73 Å². The van der Waals surface area contributed by atoms with E-state index in [0.29, 0.717) is 5.92 Å². The highest BCUT2D eigenvalue weighted by molar-refractivity contribution is 9.11. The van der Waals surface area contributed by atoms with Crippen molar-refractivity contribution in [1.29, 1.82) is 0 Å². The third kappa shape index (κ3) is 3.87. The van der Waals surface area contributed by atoms with Crippen LogP contribution in [0.5, 0.6) is 11.5 Å². The second-order valence-corrected chi connectivity index (χ2v) is 8.62. The second kappa shape index (κ2) is 7.42. The third-order valence-electron chi connectivity index (χ3n) is 5.52. The van der Waals surface area contributed by atoms with Crippen LogP contribution in [0.2, 0.25) is 0 Å². The summed E-state index contributed by atoms with van der Waals surface area (Å²) in [4.78, 5) is 2.34. The Morgan fingerprint density at radius 2 is 1.92 bits per heavy atom. The van der Waals surface area contributed by atoms with Crippen molar-refractivity contribution in [2.45, 2.75) is 38.5 Å². The number of allylic oxidation sites excluding steroid dienone is 4. The molecule has 1 aliphatic carbocycles. The topological polar surface area (TPSA) is 69.7 Å². The summed E-state index contributed by atoms with van der Waals surface area (Å²) in [6, 6.07) is 3.24. The van der Waals surface area contributed by atoms with Crippen molar-refractivity contribution in [2.24, 2.45) is 11.7 Å². The summed E-state index contributed by atoms with van der Waals surface area (Å²) in [5.74, 6) is 0.697. The Balaban J connectivity index is 2.11. The standard InChI is InChI=1S/C20H27BrN2O2/c1-12(21)9-15-4-3-14-10-16(24)11-17(25)18(14)19(20(15)22)13-5-7-23(2)8-6-13/h9-11,13,19,24-25H,3-8,22H2,1-2H3/b12-9+. The van der Waals surface area contributed by atoms with E-state index in [1.54, 1.807) is 6.07 Å². The van der Waals surface area contributed by atoms with E-state index in [9.17, 15) is 10.2 Å². The number of rotatable bonds is 2. The molecule has 0 bridgehead atoms. The zero-order chi connectivity index (χ0) is 18.1. The van der Waals surface area contributed by atoms with Crippen LogP contribution in [0.15, 0.2) is 34.0 Å². The van der Waals surface area contributed by atoms with E-state index in [2.05, 4.69) is 34.0 Å². The van der Waals surface area contributed by atoms with Gasteiger partial charge in [0.2, 0.25) is 0 Å². The molecule has 0 amide bonds. The SMILES string of the molecule is C/C(Br)=C\C1=C(N)C(C2CCN(C)CC2)c2c(O)cc(O)cc2CC1. The molecule has 1 saturated heterocycles. The minimum atomic E-state index is 0.00454. The van der Waals surface area contributed by atoms with Gasteiger partial charge < -0.3 is 20.8 Å². The Kier molecular flexibility index (Phi) is 5.44. The van der Waals surface area contributed by atoms with Crippen LogP contribution in [0.3, 0.4) is 0 Å². The molecule has 0 saturated carbocycles. The van der Waals surface area contributed by atoms with Gasteiger partial charge in [-0.2, -0.15) is 0 Å². The van der Waals surface area contributed by atoms with E-state index < -0.39 is 0 Å². The largest absolute Gasteiger partial charge is 0.508 e. The average molecular weight is 407 g/mol. The zero-order valence-electron chi connectivity index (χ0n) is 14.9. The number of aromatic hydroxyl groups is 2. The predicted molar refractivity (Wildman–Crippen MR) is 105 cm³/mol. The first-order chi connectivity index (χ1) is 11.9. The molecule has 1 fully saturated rings. The summed E-state index contributed by atoms with van der Waals surface area (Å²) in [5, 5.41) is 20.6. The van der Waals surface area contributed by atoms with E-state index >= 15 is 0 Å². The molecule has 1 unspecified atom stereocenters. The smallest absolute Gasteiger partial charge is 0.123 e. The Morgan fingerprint density at radius 3 is 2.56 bits per heavy atom. The van der Waals surface area contributed by atoms with E-state index in [1.165, 1.54) is 6.07 Å². The molecule has 4 N–H and O–H groups in total. The molecule has 25 heavy (non-hydrogen) atoms. The van der Waals surface area contributed by atoms with Gasteiger partial charge in [0.05, 0.1) is 0 Å². The lowest BCUT2D eigenvalue weighted by atomic mass is 9.76. The molecule has 1 heterocycles. The number of nitrogens with two attached hydrogens (primary N) is 1. The first kappa shape index (κ1) is 18.3. The predicted octanol–water partition coefficient (Wildman–Crippen LogP) is 3.98. The van der Waals surface area contributed by atoms with Crippen molar-refractivity contribution in [3.8, 4) is 11.5 Å². The molecule has 1 atom stereocenters. The van der Waals surface area contributed by atoms with Gasteiger partial charge >= 0.3 is 0 Å². The molecule has 3 rings (SSSR count). The van der Waals surface area contributed by atoms with Gasteiger partial charge in [-0.05, 0) is 86.4 Å². The highest BCUT2D eigenvalue weighted by Crippen LogP contribution is 2.46. The maximum atomic E-state index is 10.6. The monoisotopic (exact) mass is 406 g/mol. The van der Waals surface area contributed by atoms with Crippen LogP contribution in [0.25, 0.3) is 0 Å². The van der Waals surface area contributed by atoms with Crippen LogP contribution in [-0.4, -0.2) is 35.3 Å². The number of nitrogens with zero attached hydrogens (tertiary/aromatic N) is 1. The Bertz CT molecular complexity index is 715. The summed E-state index contributed by atoms with van der Waals surface area (Å²) >= 11 is 3.52. The van der Waals surface area contributed by atoms with Crippen molar-refractivity contribution < 1.29 is 10.2 Å². The van der Waals surface area contributed by atoms with Crippen LogP contribution in [0.4, 0.5) is 0 Å². The number of halogens is 1. The zero-order valence-corrected chi connectivity index (χ0v) is 16.5. The number of phenols is 2. The van der Waals surface area contributed by atoms with E-state index in [-0.39, 0.29) is 17.4 Å². The van der Waals surface area contributed by atoms with E-state index in [0.717, 1.165) is 65.7 Å². The first-order valence-electron chi connectivity index (χ1n) is 8.92. The fraction of sp³-hybridized carbons (Fsp3) is 0.500. The van der Waals surface area contributed by atoms with Crippen LogP contribution in [0, 0.1) is 5.92 Å². The van der Waals surface area contributed by atoms with Crippen molar-refractivity contribution >= 4 is 15.9 Å². The fourth-order valence-corrected chi connectivity index (χ4v) is 4.54. The Morgan fingerprint density at radius 1 is 1.24 bits per heavy atom. The number of hydrogen-bond acceptors (Lipinski definition) is 4. The highest BCUT2D eigenvalue weighted by atomic mass is 79.9. The number of aryl methyl sites for hydroxylation is 1. The van der Waals surface area contributed by atoms with Crippen LogP contribution in [-0.2, 0) is 6.42 Å². The minimum Gasteiger partial charge on any atom is -0.508 e. The Labute approximate surface area is 158 Å². The summed E-state index contributed by atoms with van der Waals surface area (Å²) in [5.41, 5.74) is 10.6. The lowest BCUT2D eigenvalue weighted by Gasteiger charge is -2.35. The van der Waals surface area contributed by atoms with Gasteiger partial charge in [0.1, 0.15) is 11.5 Å². The van der Waals surface area contributed by atoms with Gasteiger partial charge in [-0.1, -0.05) is 15.9 Å². The first-order valence-corrected chi connectivity index (χ1v) is 9.71. The number of hydrogen-bond donors (Lipinski definition) is 3. The molecule has 136 valence electrons. The van der Waals surface area contributed by atoms with E-state index in [4.69, 9.17) is 5.73 Å². The minimum absolute atomic E-state index is 0.00454. The number of piperidine rings is 1. The molecule has 2 aliphatic rings. The van der Waals surface area contributed by atoms with Gasteiger partial charge in [0.15, 0.2) is 0 Å². The quantitative estimate of drug-likeness (QED) is 0.694. The van der Waals surface area contributed by atoms with Crippen LogP contribution in [0.1, 0.15) is 43.2 Å². The van der Waals surface area contributed by atoms with Gasteiger partial charge in [-0.3, -0.25) is 0 Å². The van der Waals surface area contributed by atoms with E-state index in [1.807, 2.05) is 6.92 Å². The van der Waals surface area contributed by atoms with Crippen LogP contribution >= 0.6 is 15.9 Å². The van der Waals surface area contributed by atoms with Gasteiger partial charge in [0, 0.05) is 23.2 Å². The van der Waals surface area contributed by atoms with Crippen molar-refractivity contribution in [3.05, 3.63) is 45.1 Å². The third-order valence-corrected chi connectivity index (χ3v) is 5.75. The fourth-order valence-electron chi connectivity index (χ4n) is 4.26. The lowest BCUT2D eigenvalue weighted by Crippen LogP contribution is -2.34. The molecule has 5 heteroatoms. The Hall–Kier alpha value is -1.46. The molecule has 1 aliphatic heterocycles. The normalized spacial score (nSPS) is 23.5. The highest BCUT2D eigenvalue weighted by Gasteiger charge is 2.34. The number of phenolic OH excluding ortho intramolecular Hbond substituents is 2. The summed E-state index contributed by atoms with van der Waals surface area (Å²) in [7, 11) is 2.15. The lowest BCUT2D eigenvalue weighted by molar-refractivity contribution is 0.204. The molecule has 1 aromatic carbocycles. The second-order valence-electron chi connectivity index (χ2n) is 7.37. The number of fused-ring (bicyclic) bond motifs is 1. The summed E-state index contributed by atoms with van der Waals surface area (Å²) in [6.45, 7) is 4.10. The maximum Gasteiger partial charge on any atom is 0.123 e. The molecule has 0 aromatic heterocycles. The van der Waals surface area contributed by atoms with Crippen molar-refractivity contribution in [1.82, 2.24) is 4.90 Å². The van der Waals surface area contributed by atoms with Gasteiger partial charge in [-0.25, -0.2) is 0 Å². The average Bonchev–Trinajstić information content (AvgIpc) is 2.66. The van der Waals surface area contributed by atoms with Crippen molar-refractivity contribution in [3.63, 3.8) is 0 Å². The molecule has 1 aromatic rings. The number of likely N-dealkylation sites (tertiary alicyclic amines) is 1. The van der Waals surface area contributed by atoms with Gasteiger partial charge in [-0.15, -0.1) is 0 Å². The molecule has 0 spiro atoms. The summed E-state index contributed by atoms with van der Waals surface area (Å²) < 4.78 is 1.05. The molecule has 0 radical (unpaired) electrons.